The van der Waals surface area contributed by atoms with Crippen LogP contribution >= 0.6 is 0 Å². The van der Waals surface area contributed by atoms with Crippen LogP contribution in [0.15, 0.2) is 194 Å². The number of hydrogen-bond donors (Lipinski definition) is 0. The monoisotopic (exact) mass is 1170 g/mol. The number of fused-ring (bicyclic) bond motifs is 3. The van der Waals surface area contributed by atoms with Crippen LogP contribution < -0.4 is 24.6 Å². The average Bonchev–Trinajstić information content (AvgIpc) is 1.53. The van der Waals surface area contributed by atoms with E-state index >= 15 is 4.79 Å². The van der Waals surface area contributed by atoms with Gasteiger partial charge in [-0.3, -0.25) is 4.79 Å². The van der Waals surface area contributed by atoms with Gasteiger partial charge in [0.1, 0.15) is 36.1 Å². The fourth-order valence-electron chi connectivity index (χ4n) is 13.5. The Balaban J connectivity index is 0.995. The Morgan fingerprint density at radius 3 is 1.65 bits per heavy atom. The minimum Gasteiger partial charge on any atom is -0.496 e. The second kappa shape index (κ2) is 25.8. The molecule has 7 atom stereocenters. The molecule has 0 saturated carbocycles. The molecule has 2 unspecified atom stereocenters. The number of Topliss-reactive ketones (excluding diaryl/α,β-unsaturated/α-hetero) is 1. The van der Waals surface area contributed by atoms with Crippen molar-refractivity contribution in [3.63, 3.8) is 0 Å². The summed E-state index contributed by atoms with van der Waals surface area (Å²) in [6.45, 7) is 16.4. The van der Waals surface area contributed by atoms with Crippen molar-refractivity contribution in [2.24, 2.45) is 0 Å². The fraction of sp³-hybridized carbons (Fsp3) is 0.365. The van der Waals surface area contributed by atoms with E-state index in [1.807, 2.05) is 111 Å². The Morgan fingerprint density at radius 1 is 0.605 bits per heavy atom. The zero-order valence-corrected chi connectivity index (χ0v) is 52.2. The van der Waals surface area contributed by atoms with Gasteiger partial charge in [-0.15, -0.1) is 0 Å². The van der Waals surface area contributed by atoms with Crippen LogP contribution in [0.25, 0.3) is 10.8 Å². The summed E-state index contributed by atoms with van der Waals surface area (Å²) in [6.07, 6.45) is -1.08. The number of benzene rings is 8. The lowest BCUT2D eigenvalue weighted by Crippen LogP contribution is -2.66. The third-order valence-electron chi connectivity index (χ3n) is 17.5. The topological polar surface area (TPSA) is 109 Å². The highest BCUT2D eigenvalue weighted by Crippen LogP contribution is 2.57. The highest BCUT2D eigenvalue weighted by Gasteiger charge is 2.64. The largest absolute Gasteiger partial charge is 0.496 e. The van der Waals surface area contributed by atoms with Crippen LogP contribution in [-0.2, 0) is 65.7 Å². The molecular formula is C74H82O11Si. The quantitative estimate of drug-likeness (QED) is 0.0571. The van der Waals surface area contributed by atoms with E-state index in [0.29, 0.717) is 78.4 Å². The van der Waals surface area contributed by atoms with E-state index in [0.717, 1.165) is 27.8 Å². The van der Waals surface area contributed by atoms with E-state index in [9.17, 15) is 0 Å². The van der Waals surface area contributed by atoms with E-state index in [-0.39, 0.29) is 48.6 Å². The molecule has 0 aromatic heterocycles. The lowest BCUT2D eigenvalue weighted by atomic mass is 9.70. The maximum absolute atomic E-state index is 16.5. The molecular weight excluding hydrogens is 1090 g/mol. The maximum atomic E-state index is 16.5. The Morgan fingerprint density at radius 2 is 1.12 bits per heavy atom. The van der Waals surface area contributed by atoms with Crippen LogP contribution in [0.3, 0.4) is 0 Å². The third kappa shape index (κ3) is 12.5. The van der Waals surface area contributed by atoms with Crippen LogP contribution in [0.1, 0.15) is 118 Å². The third-order valence-corrected chi connectivity index (χ3v) is 22.5. The lowest BCUT2D eigenvalue weighted by Gasteiger charge is -2.45. The number of methoxy groups -OCH3 is 2. The van der Waals surface area contributed by atoms with Crippen LogP contribution in [0.2, 0.25) is 5.04 Å². The summed E-state index contributed by atoms with van der Waals surface area (Å²) in [6, 6.07) is 66.0. The summed E-state index contributed by atoms with van der Waals surface area (Å²) in [5.74, 6) is 0.00276. The van der Waals surface area contributed by atoms with Crippen LogP contribution in [0.5, 0.6) is 17.2 Å². The molecule has 448 valence electrons. The first-order valence-corrected chi connectivity index (χ1v) is 32.2. The second-order valence-electron chi connectivity index (χ2n) is 25.0. The van der Waals surface area contributed by atoms with Gasteiger partial charge < -0.3 is 47.1 Å². The SMILES string of the molecule is COc1c2c(c(OC)c3c(OCc4ccccc4)c([C@H]4C[C@@H](OCc5ccccc5)C(OCc5ccccc5)C(C)O4)ccc13)C[C@H]1OC(C)(C)O[C@@]1(C[C@](C)(CCO[Si](c1ccccc1)(c1ccccc1)C(C)(C)C)OCc1ccccc1)C2=O. The molecule has 0 spiro atoms. The molecule has 11 rings (SSSR count). The summed E-state index contributed by atoms with van der Waals surface area (Å²) in [5, 5.41) is 3.40. The molecule has 0 amide bonds. The molecule has 2 saturated heterocycles. The van der Waals surface area contributed by atoms with Crippen molar-refractivity contribution in [2.45, 2.75) is 153 Å². The molecule has 11 nitrogen and oxygen atoms in total. The van der Waals surface area contributed by atoms with Gasteiger partial charge in [0.2, 0.25) is 5.78 Å². The number of rotatable bonds is 23. The van der Waals surface area contributed by atoms with Crippen LogP contribution in [0, 0.1) is 0 Å². The van der Waals surface area contributed by atoms with Gasteiger partial charge in [0.05, 0.1) is 68.9 Å². The van der Waals surface area contributed by atoms with E-state index < -0.39 is 37.5 Å². The normalized spacial score (nSPS) is 21.7. The first-order valence-electron chi connectivity index (χ1n) is 30.3. The summed E-state index contributed by atoms with van der Waals surface area (Å²) in [5.41, 5.74) is 3.41. The van der Waals surface area contributed by atoms with Gasteiger partial charge in [-0.2, -0.15) is 0 Å². The average molecular weight is 1180 g/mol. The second-order valence-corrected chi connectivity index (χ2v) is 29.3. The number of hydrogen-bond acceptors (Lipinski definition) is 11. The van der Waals surface area contributed by atoms with Crippen molar-refractivity contribution in [1.82, 2.24) is 0 Å². The predicted molar refractivity (Wildman–Crippen MR) is 339 cm³/mol. The molecule has 0 bridgehead atoms. The Labute approximate surface area is 508 Å². The lowest BCUT2D eigenvalue weighted by molar-refractivity contribution is -0.204. The van der Waals surface area contributed by atoms with Crippen molar-refractivity contribution in [2.75, 3.05) is 20.8 Å². The summed E-state index contributed by atoms with van der Waals surface area (Å²) in [7, 11) is 0.294. The van der Waals surface area contributed by atoms with Gasteiger partial charge in [0.25, 0.3) is 8.32 Å². The van der Waals surface area contributed by atoms with Crippen molar-refractivity contribution < 1.29 is 51.9 Å². The van der Waals surface area contributed by atoms with Crippen molar-refractivity contribution in [3.05, 3.63) is 233 Å². The highest BCUT2D eigenvalue weighted by molar-refractivity contribution is 6.99. The summed E-state index contributed by atoms with van der Waals surface area (Å²) < 4.78 is 69.9. The first kappa shape index (κ1) is 60.7. The van der Waals surface area contributed by atoms with Crippen molar-refractivity contribution in [1.29, 1.82) is 0 Å². The molecule has 1 aliphatic carbocycles. The maximum Gasteiger partial charge on any atom is 0.261 e. The van der Waals surface area contributed by atoms with Crippen molar-refractivity contribution in [3.8, 4) is 17.2 Å². The Kier molecular flexibility index (Phi) is 18.2. The molecule has 0 radical (unpaired) electrons. The standard InChI is InChI=1S/C74H82O11Si/c1-51-66(79-47-53-30-18-11-19-31-53)62(78-46-52-28-16-10-17-29-52)45-61(83-51)58-40-41-59-64(69(58)80-48-54-32-20-12-21-33-54)68(77-9)60-44-63-74(85-72(5,6)84-63,70(75)65(60)67(59)76-8)50-73(7,81-49-55-34-22-13-23-35-55)42-43-82-86(71(2,3)4,56-36-24-14-25-37-56)57-38-26-15-27-39-57/h10-41,51,61-63,66H,42-50H2,1-9H3/t51?,61-,62-,63-,66?,73+,74-/m1/s1. The van der Waals surface area contributed by atoms with Gasteiger partial charge in [0, 0.05) is 42.4 Å². The molecule has 86 heavy (non-hydrogen) atoms. The summed E-state index contributed by atoms with van der Waals surface area (Å²) >= 11 is 0. The molecule has 12 heteroatoms. The summed E-state index contributed by atoms with van der Waals surface area (Å²) in [4.78, 5) is 16.5. The smallest absolute Gasteiger partial charge is 0.261 e. The van der Waals surface area contributed by atoms with Crippen LogP contribution in [-0.4, -0.2) is 76.3 Å². The van der Waals surface area contributed by atoms with E-state index in [1.54, 1.807) is 14.2 Å². The zero-order chi connectivity index (χ0) is 60.1. The number of ketones is 1. The van der Waals surface area contributed by atoms with Gasteiger partial charge in [-0.25, -0.2) is 0 Å². The minimum atomic E-state index is -2.98. The Hall–Kier alpha value is -6.97. The molecule has 0 N–H and O–H groups in total. The predicted octanol–water partition coefficient (Wildman–Crippen LogP) is 14.4. The fourth-order valence-corrected chi connectivity index (χ4v) is 18.1. The van der Waals surface area contributed by atoms with E-state index in [4.69, 9.17) is 47.1 Å². The van der Waals surface area contributed by atoms with E-state index in [1.165, 1.54) is 10.4 Å². The van der Waals surface area contributed by atoms with Crippen molar-refractivity contribution >= 4 is 35.2 Å². The van der Waals surface area contributed by atoms with Gasteiger partial charge >= 0.3 is 0 Å². The molecule has 2 fully saturated rings. The molecule has 2 heterocycles. The van der Waals surface area contributed by atoms with Gasteiger partial charge in [-0.1, -0.05) is 209 Å². The molecule has 2 aliphatic heterocycles. The highest BCUT2D eigenvalue weighted by atomic mass is 28.4. The number of carbonyl (C=O) groups is 1. The van der Waals surface area contributed by atoms with Crippen LogP contribution in [0.4, 0.5) is 0 Å². The number of carbonyl (C=O) groups excluding carboxylic acids is 1. The Bertz CT molecular complexity index is 3510. The molecule has 3 aliphatic rings. The minimum absolute atomic E-state index is 0.151. The van der Waals surface area contributed by atoms with Gasteiger partial charge in [-0.05, 0) is 77.8 Å². The van der Waals surface area contributed by atoms with E-state index in [2.05, 4.69) is 132 Å². The number of ether oxygens (including phenoxy) is 9. The first-order chi connectivity index (χ1) is 41.5. The molecule has 8 aromatic rings. The van der Waals surface area contributed by atoms with Gasteiger partial charge in [0.15, 0.2) is 11.4 Å². The zero-order valence-electron chi connectivity index (χ0n) is 51.2. The molecule has 8 aromatic carbocycles.